The minimum atomic E-state index is -0.515. The van der Waals surface area contributed by atoms with Gasteiger partial charge in [0.05, 0.1) is 0 Å². The van der Waals surface area contributed by atoms with E-state index in [1.165, 1.54) is 36.7 Å². The normalized spacial score (nSPS) is 11.1. The number of carbonyl (C=O) groups is 1. The van der Waals surface area contributed by atoms with Crippen LogP contribution in [-0.2, 0) is 9.22 Å². The van der Waals surface area contributed by atoms with Crippen LogP contribution in [0.3, 0.4) is 0 Å². The van der Waals surface area contributed by atoms with Gasteiger partial charge in [0, 0.05) is 18.8 Å². The van der Waals surface area contributed by atoms with E-state index in [2.05, 4.69) is 20.8 Å². The van der Waals surface area contributed by atoms with Gasteiger partial charge in [-0.3, -0.25) is 4.79 Å². The van der Waals surface area contributed by atoms with Crippen molar-refractivity contribution < 1.29 is 9.22 Å². The zero-order valence-electron chi connectivity index (χ0n) is 12.3. The molecule has 0 saturated carbocycles. The average Bonchev–Trinajstić information content (AvgIpc) is 2.38. The van der Waals surface area contributed by atoms with Gasteiger partial charge in [0.25, 0.3) is 0 Å². The van der Waals surface area contributed by atoms with E-state index in [1.807, 2.05) is 0 Å². The molecule has 0 aliphatic carbocycles. The van der Waals surface area contributed by atoms with Crippen LogP contribution in [-0.4, -0.2) is 26.5 Å². The molecule has 0 spiro atoms. The van der Waals surface area contributed by atoms with Gasteiger partial charge in [-0.15, -0.1) is 0 Å². The molecular weight excluding hydrogens is 260 g/mol. The van der Waals surface area contributed by atoms with Gasteiger partial charge in [0.15, 0.2) is 5.12 Å². The topological polar surface area (TPSA) is 26.3 Å². The second-order valence-corrected chi connectivity index (χ2v) is 8.41. The van der Waals surface area contributed by atoms with Crippen LogP contribution in [0.25, 0.3) is 0 Å². The fraction of sp³-hybridized carbons (Fsp3) is 0.929. The van der Waals surface area contributed by atoms with E-state index in [9.17, 15) is 4.79 Å². The second-order valence-electron chi connectivity index (χ2n) is 4.48. The summed E-state index contributed by atoms with van der Waals surface area (Å²) in [4.78, 5) is 11.5. The smallest absolute Gasteiger partial charge is 0.210 e. The molecular formula is C14H29O2SSi. The standard InChI is InChI=1S/C14H29O2SSi/c1-4-7-8-11-14(15)17-13-10-9-12-16-18(5-2)6-3/h4-13H2,1-3H3. The minimum Gasteiger partial charge on any atom is -0.417 e. The van der Waals surface area contributed by atoms with Crippen LogP contribution in [0, 0.1) is 0 Å². The molecule has 0 aromatic heterocycles. The quantitative estimate of drug-likeness (QED) is 0.386. The first-order chi connectivity index (χ1) is 8.74. The van der Waals surface area contributed by atoms with Gasteiger partial charge in [-0.2, -0.15) is 0 Å². The second kappa shape index (κ2) is 13.6. The Hall–Kier alpha value is 0.197. The van der Waals surface area contributed by atoms with E-state index in [0.717, 1.165) is 38.0 Å². The van der Waals surface area contributed by atoms with Gasteiger partial charge in [-0.1, -0.05) is 45.4 Å². The average molecular weight is 290 g/mol. The maximum Gasteiger partial charge on any atom is 0.210 e. The Balaban J connectivity index is 3.26. The molecule has 107 valence electrons. The highest BCUT2D eigenvalue weighted by Gasteiger charge is 2.06. The first kappa shape index (κ1) is 18.2. The number of hydrogen-bond acceptors (Lipinski definition) is 3. The summed E-state index contributed by atoms with van der Waals surface area (Å²) in [5.41, 5.74) is 0. The lowest BCUT2D eigenvalue weighted by molar-refractivity contribution is -0.111. The van der Waals surface area contributed by atoms with Crippen molar-refractivity contribution >= 4 is 25.9 Å². The van der Waals surface area contributed by atoms with Crippen molar-refractivity contribution in [3.05, 3.63) is 0 Å². The van der Waals surface area contributed by atoms with Gasteiger partial charge in [-0.05, 0) is 31.4 Å². The Kier molecular flexibility index (Phi) is 13.8. The monoisotopic (exact) mass is 289 g/mol. The zero-order valence-corrected chi connectivity index (χ0v) is 14.1. The molecule has 0 unspecified atom stereocenters. The summed E-state index contributed by atoms with van der Waals surface area (Å²) in [6, 6.07) is 2.40. The fourth-order valence-corrected chi connectivity index (χ4v) is 3.86. The predicted molar refractivity (Wildman–Crippen MR) is 83.5 cm³/mol. The predicted octanol–water partition coefficient (Wildman–Crippen LogP) is 4.65. The van der Waals surface area contributed by atoms with Gasteiger partial charge < -0.3 is 4.43 Å². The molecule has 0 aliphatic heterocycles. The third-order valence-electron chi connectivity index (χ3n) is 2.88. The van der Waals surface area contributed by atoms with Crippen molar-refractivity contribution in [1.82, 2.24) is 0 Å². The number of unbranched alkanes of at least 4 members (excludes halogenated alkanes) is 3. The van der Waals surface area contributed by atoms with Crippen molar-refractivity contribution in [2.75, 3.05) is 12.4 Å². The minimum absolute atomic E-state index is 0.372. The Morgan fingerprint density at radius 2 is 1.78 bits per heavy atom. The number of carbonyl (C=O) groups excluding carboxylic acids is 1. The number of thioether (sulfide) groups is 1. The molecule has 0 heterocycles. The molecule has 0 bridgehead atoms. The molecule has 0 atom stereocenters. The summed E-state index contributed by atoms with van der Waals surface area (Å²) in [6.07, 6.45) is 6.39. The van der Waals surface area contributed by atoms with Crippen LogP contribution in [0.15, 0.2) is 0 Å². The zero-order chi connectivity index (χ0) is 13.6. The number of hydrogen-bond donors (Lipinski definition) is 0. The van der Waals surface area contributed by atoms with Crippen LogP contribution in [0.4, 0.5) is 0 Å². The SMILES string of the molecule is CCCCCC(=O)SCCCCO[Si](CC)CC. The molecule has 0 saturated heterocycles. The van der Waals surface area contributed by atoms with E-state index < -0.39 is 9.04 Å². The Morgan fingerprint density at radius 3 is 2.39 bits per heavy atom. The van der Waals surface area contributed by atoms with Gasteiger partial charge >= 0.3 is 0 Å². The summed E-state index contributed by atoms with van der Waals surface area (Å²) in [5, 5.41) is 0.372. The van der Waals surface area contributed by atoms with Gasteiger partial charge in [0.1, 0.15) is 0 Å². The Morgan fingerprint density at radius 1 is 1.06 bits per heavy atom. The third-order valence-corrected chi connectivity index (χ3v) is 6.09. The summed E-state index contributed by atoms with van der Waals surface area (Å²) in [6.45, 7) is 7.48. The molecule has 0 amide bonds. The van der Waals surface area contributed by atoms with Crippen LogP contribution in [0.5, 0.6) is 0 Å². The Bertz CT molecular complexity index is 196. The largest absolute Gasteiger partial charge is 0.417 e. The molecule has 18 heavy (non-hydrogen) atoms. The number of rotatable bonds is 12. The van der Waals surface area contributed by atoms with Crippen molar-refractivity contribution in [2.45, 2.75) is 71.4 Å². The van der Waals surface area contributed by atoms with Crippen molar-refractivity contribution in [2.24, 2.45) is 0 Å². The summed E-state index contributed by atoms with van der Waals surface area (Å²) in [5.74, 6) is 0.967. The maximum absolute atomic E-state index is 11.5. The van der Waals surface area contributed by atoms with E-state index in [0.29, 0.717) is 5.12 Å². The highest BCUT2D eigenvalue weighted by molar-refractivity contribution is 8.13. The molecule has 0 aromatic rings. The van der Waals surface area contributed by atoms with E-state index in [-0.39, 0.29) is 0 Å². The first-order valence-corrected chi connectivity index (χ1v) is 10.2. The lowest BCUT2D eigenvalue weighted by Gasteiger charge is -2.10. The van der Waals surface area contributed by atoms with Crippen molar-refractivity contribution in [3.63, 3.8) is 0 Å². The lowest BCUT2D eigenvalue weighted by Crippen LogP contribution is -2.15. The summed E-state index contributed by atoms with van der Waals surface area (Å²) < 4.78 is 5.83. The van der Waals surface area contributed by atoms with E-state index in [1.54, 1.807) is 0 Å². The Labute approximate surface area is 119 Å². The lowest BCUT2D eigenvalue weighted by atomic mass is 10.2. The summed E-state index contributed by atoms with van der Waals surface area (Å²) in [7, 11) is -0.515. The molecule has 0 N–H and O–H groups in total. The van der Waals surface area contributed by atoms with Crippen molar-refractivity contribution in [1.29, 1.82) is 0 Å². The van der Waals surface area contributed by atoms with Gasteiger partial charge in [0.2, 0.25) is 9.04 Å². The van der Waals surface area contributed by atoms with Crippen LogP contribution in [0.1, 0.15) is 59.3 Å². The maximum atomic E-state index is 11.5. The van der Waals surface area contributed by atoms with E-state index >= 15 is 0 Å². The molecule has 0 rings (SSSR count). The molecule has 1 radical (unpaired) electrons. The van der Waals surface area contributed by atoms with E-state index in [4.69, 9.17) is 4.43 Å². The molecule has 0 aromatic carbocycles. The van der Waals surface area contributed by atoms with Gasteiger partial charge in [-0.25, -0.2) is 0 Å². The summed E-state index contributed by atoms with van der Waals surface area (Å²) >= 11 is 1.51. The van der Waals surface area contributed by atoms with Crippen molar-refractivity contribution in [3.8, 4) is 0 Å². The van der Waals surface area contributed by atoms with Crippen LogP contribution >= 0.6 is 11.8 Å². The highest BCUT2D eigenvalue weighted by Crippen LogP contribution is 2.12. The molecule has 0 aliphatic rings. The fourth-order valence-electron chi connectivity index (χ4n) is 1.65. The van der Waals surface area contributed by atoms with Crippen LogP contribution < -0.4 is 0 Å². The molecule has 0 fully saturated rings. The molecule has 2 nitrogen and oxygen atoms in total. The third kappa shape index (κ3) is 11.3. The molecule has 4 heteroatoms. The highest BCUT2D eigenvalue weighted by atomic mass is 32.2. The van der Waals surface area contributed by atoms with Crippen LogP contribution in [0.2, 0.25) is 12.1 Å². The first-order valence-electron chi connectivity index (χ1n) is 7.37.